The number of nitrogens with zero attached hydrogens (tertiary/aromatic N) is 4. The lowest BCUT2D eigenvalue weighted by Gasteiger charge is -2.28. The third-order valence-corrected chi connectivity index (χ3v) is 2.67. The van der Waals surface area contributed by atoms with E-state index in [0.717, 1.165) is 0 Å². The predicted molar refractivity (Wildman–Crippen MR) is 70.9 cm³/mol. The molecule has 0 radical (unpaired) electrons. The van der Waals surface area contributed by atoms with Crippen LogP contribution in [-0.2, 0) is 4.74 Å². The summed E-state index contributed by atoms with van der Waals surface area (Å²) in [6.45, 7) is 4.76. The van der Waals surface area contributed by atoms with Crippen LogP contribution in [0.4, 0.5) is 17.3 Å². The highest BCUT2D eigenvalue weighted by Gasteiger charge is 2.28. The van der Waals surface area contributed by atoms with Crippen molar-refractivity contribution >= 4 is 17.3 Å². The van der Waals surface area contributed by atoms with E-state index in [4.69, 9.17) is 10.6 Å². The third kappa shape index (κ3) is 3.26. The molecule has 0 spiro atoms. The van der Waals surface area contributed by atoms with Crippen LogP contribution in [0, 0.1) is 10.1 Å². The highest BCUT2D eigenvalue weighted by atomic mass is 16.6. The van der Waals surface area contributed by atoms with Crippen molar-refractivity contribution in [2.24, 2.45) is 5.84 Å². The SMILES string of the molecule is CCN(c1ncnc(NN)c1[N+](=O)[O-])C(C)COC. The summed E-state index contributed by atoms with van der Waals surface area (Å²) in [7, 11) is 1.57. The van der Waals surface area contributed by atoms with Crippen LogP contribution >= 0.6 is 0 Å². The van der Waals surface area contributed by atoms with Crippen molar-refractivity contribution in [3.8, 4) is 0 Å². The van der Waals surface area contributed by atoms with Crippen molar-refractivity contribution in [2.45, 2.75) is 19.9 Å². The summed E-state index contributed by atoms with van der Waals surface area (Å²) >= 11 is 0. The fourth-order valence-electron chi connectivity index (χ4n) is 1.85. The van der Waals surface area contributed by atoms with Crippen LogP contribution in [0.25, 0.3) is 0 Å². The largest absolute Gasteiger partial charge is 0.383 e. The zero-order chi connectivity index (χ0) is 14.4. The number of aromatic nitrogens is 2. The van der Waals surface area contributed by atoms with E-state index in [1.807, 2.05) is 13.8 Å². The zero-order valence-electron chi connectivity index (χ0n) is 11.2. The highest BCUT2D eigenvalue weighted by Crippen LogP contribution is 2.31. The Morgan fingerprint density at radius 2 is 2.32 bits per heavy atom. The fourth-order valence-corrected chi connectivity index (χ4v) is 1.85. The van der Waals surface area contributed by atoms with Crippen molar-refractivity contribution < 1.29 is 9.66 Å². The molecule has 1 heterocycles. The lowest BCUT2D eigenvalue weighted by atomic mass is 10.2. The summed E-state index contributed by atoms with van der Waals surface area (Å²) in [6, 6.07) is -0.0609. The van der Waals surface area contributed by atoms with Crippen molar-refractivity contribution in [3.63, 3.8) is 0 Å². The van der Waals surface area contributed by atoms with E-state index in [9.17, 15) is 10.1 Å². The maximum atomic E-state index is 11.2. The van der Waals surface area contributed by atoms with Gasteiger partial charge < -0.3 is 15.1 Å². The normalized spacial score (nSPS) is 12.0. The Kier molecular flexibility index (Phi) is 5.39. The third-order valence-electron chi connectivity index (χ3n) is 2.67. The average molecular weight is 270 g/mol. The van der Waals surface area contributed by atoms with E-state index in [0.29, 0.717) is 13.2 Å². The standard InChI is InChI=1S/C10H18N6O3/c1-4-15(7(2)5-19-3)10-8(16(17)18)9(14-11)12-6-13-10/h6-7H,4-5,11H2,1-3H3,(H,12,13,14). The molecule has 1 aromatic heterocycles. The van der Waals surface area contributed by atoms with E-state index < -0.39 is 4.92 Å². The Hall–Kier alpha value is -2.00. The molecule has 106 valence electrons. The maximum Gasteiger partial charge on any atom is 0.354 e. The van der Waals surface area contributed by atoms with Crippen LogP contribution in [-0.4, -0.2) is 41.2 Å². The first-order valence-corrected chi connectivity index (χ1v) is 5.78. The molecular weight excluding hydrogens is 252 g/mol. The number of anilines is 2. The van der Waals surface area contributed by atoms with Gasteiger partial charge in [-0.15, -0.1) is 0 Å². The second-order valence-corrected chi connectivity index (χ2v) is 3.89. The first-order chi connectivity index (χ1) is 9.06. The molecule has 0 saturated heterocycles. The van der Waals surface area contributed by atoms with Gasteiger partial charge in [0.25, 0.3) is 0 Å². The number of nitrogen functional groups attached to an aromatic ring is 1. The molecular formula is C10H18N6O3. The van der Waals surface area contributed by atoms with E-state index in [-0.39, 0.29) is 23.4 Å². The first-order valence-electron chi connectivity index (χ1n) is 5.78. The number of hydrogen-bond donors (Lipinski definition) is 2. The van der Waals surface area contributed by atoms with Gasteiger partial charge in [0.1, 0.15) is 6.33 Å². The van der Waals surface area contributed by atoms with Crippen molar-refractivity contribution in [1.29, 1.82) is 0 Å². The molecule has 0 aliphatic rings. The summed E-state index contributed by atoms with van der Waals surface area (Å²) in [6.07, 6.45) is 1.24. The molecule has 3 N–H and O–H groups in total. The number of hydrogen-bond acceptors (Lipinski definition) is 8. The van der Waals surface area contributed by atoms with Crippen LogP contribution in [0.2, 0.25) is 0 Å². The first kappa shape index (κ1) is 15.1. The molecule has 0 aliphatic heterocycles. The quantitative estimate of drug-likeness (QED) is 0.418. The number of methoxy groups -OCH3 is 1. The molecule has 0 saturated carbocycles. The lowest BCUT2D eigenvalue weighted by molar-refractivity contribution is -0.383. The van der Waals surface area contributed by atoms with Crippen LogP contribution in [0.3, 0.4) is 0 Å². The highest BCUT2D eigenvalue weighted by molar-refractivity contribution is 5.70. The summed E-state index contributed by atoms with van der Waals surface area (Å²) < 4.78 is 5.07. The van der Waals surface area contributed by atoms with E-state index in [2.05, 4.69) is 15.4 Å². The van der Waals surface area contributed by atoms with Crippen molar-refractivity contribution in [2.75, 3.05) is 30.6 Å². The topological polar surface area (TPSA) is 119 Å². The minimum absolute atomic E-state index is 0.0157. The van der Waals surface area contributed by atoms with Gasteiger partial charge in [0, 0.05) is 13.7 Å². The molecule has 9 heteroatoms. The molecule has 0 amide bonds. The number of ether oxygens (including phenoxy) is 1. The van der Waals surface area contributed by atoms with Gasteiger partial charge in [-0.2, -0.15) is 0 Å². The Labute approximate surface area is 110 Å². The summed E-state index contributed by atoms with van der Waals surface area (Å²) in [4.78, 5) is 20.2. The zero-order valence-corrected chi connectivity index (χ0v) is 11.2. The number of likely N-dealkylation sites (N-methyl/N-ethyl adjacent to an activating group) is 1. The van der Waals surface area contributed by atoms with Gasteiger partial charge in [-0.1, -0.05) is 0 Å². The van der Waals surface area contributed by atoms with Gasteiger partial charge >= 0.3 is 5.69 Å². The predicted octanol–water partition coefficient (Wildman–Crippen LogP) is 0.532. The number of hydrazine groups is 1. The maximum absolute atomic E-state index is 11.2. The van der Waals surface area contributed by atoms with Gasteiger partial charge in [-0.3, -0.25) is 10.1 Å². The van der Waals surface area contributed by atoms with Crippen LogP contribution in [0.5, 0.6) is 0 Å². The number of nitro groups is 1. The molecule has 9 nitrogen and oxygen atoms in total. The minimum atomic E-state index is -0.549. The number of nitrogens with two attached hydrogens (primary N) is 1. The lowest BCUT2D eigenvalue weighted by Crippen LogP contribution is -2.37. The Morgan fingerprint density at radius 1 is 1.63 bits per heavy atom. The average Bonchev–Trinajstić information content (AvgIpc) is 2.39. The molecule has 1 aromatic rings. The van der Waals surface area contributed by atoms with Crippen LogP contribution < -0.4 is 16.2 Å². The molecule has 0 fully saturated rings. The van der Waals surface area contributed by atoms with Crippen molar-refractivity contribution in [1.82, 2.24) is 9.97 Å². The summed E-state index contributed by atoms with van der Waals surface area (Å²) in [5.41, 5.74) is 1.98. The fraction of sp³-hybridized carbons (Fsp3) is 0.600. The number of nitrogens with one attached hydrogen (secondary N) is 1. The summed E-state index contributed by atoms with van der Waals surface area (Å²) in [5.74, 6) is 5.45. The molecule has 1 rings (SSSR count). The second-order valence-electron chi connectivity index (χ2n) is 3.89. The molecule has 0 bridgehead atoms. The smallest absolute Gasteiger partial charge is 0.354 e. The van der Waals surface area contributed by atoms with Crippen molar-refractivity contribution in [3.05, 3.63) is 16.4 Å². The number of rotatable bonds is 7. The molecule has 19 heavy (non-hydrogen) atoms. The monoisotopic (exact) mass is 270 g/mol. The van der Waals surface area contributed by atoms with Gasteiger partial charge in [-0.05, 0) is 13.8 Å². The second kappa shape index (κ2) is 6.81. The van der Waals surface area contributed by atoms with E-state index in [1.165, 1.54) is 6.33 Å². The van der Waals surface area contributed by atoms with Crippen LogP contribution in [0.15, 0.2) is 6.33 Å². The molecule has 0 aromatic carbocycles. The molecule has 0 aliphatic carbocycles. The van der Waals surface area contributed by atoms with E-state index in [1.54, 1.807) is 12.0 Å². The van der Waals surface area contributed by atoms with Gasteiger partial charge in [0.05, 0.1) is 17.6 Å². The Bertz CT molecular complexity index is 441. The van der Waals surface area contributed by atoms with Gasteiger partial charge in [-0.25, -0.2) is 15.8 Å². The van der Waals surface area contributed by atoms with E-state index >= 15 is 0 Å². The Balaban J connectivity index is 3.26. The minimum Gasteiger partial charge on any atom is -0.383 e. The molecule has 1 atom stereocenters. The summed E-state index contributed by atoms with van der Waals surface area (Å²) in [5, 5.41) is 11.2. The Morgan fingerprint density at radius 3 is 2.79 bits per heavy atom. The van der Waals surface area contributed by atoms with Crippen LogP contribution in [0.1, 0.15) is 13.8 Å². The molecule has 1 unspecified atom stereocenters. The van der Waals surface area contributed by atoms with Gasteiger partial charge in [0.15, 0.2) is 0 Å². The van der Waals surface area contributed by atoms with Gasteiger partial charge in [0.2, 0.25) is 11.6 Å².